The van der Waals surface area contributed by atoms with E-state index in [1.165, 1.54) is 6.42 Å². The van der Waals surface area contributed by atoms with Gasteiger partial charge in [0.2, 0.25) is 5.91 Å². The van der Waals surface area contributed by atoms with Gasteiger partial charge in [-0.25, -0.2) is 0 Å². The minimum Gasteiger partial charge on any atom is -0.351 e. The summed E-state index contributed by atoms with van der Waals surface area (Å²) in [5.41, 5.74) is 6.12. The van der Waals surface area contributed by atoms with Crippen LogP contribution in [0.1, 0.15) is 46.0 Å². The molecule has 0 aromatic carbocycles. The number of hydrogen-bond donors (Lipinski definition) is 2. The van der Waals surface area contributed by atoms with Crippen LogP contribution in [0.2, 0.25) is 0 Å². The third-order valence-corrected chi connectivity index (χ3v) is 3.93. The molecule has 3 heteroatoms. The van der Waals surface area contributed by atoms with Crippen LogP contribution >= 0.6 is 0 Å². The largest absolute Gasteiger partial charge is 0.351 e. The van der Waals surface area contributed by atoms with Gasteiger partial charge < -0.3 is 11.1 Å². The molecule has 0 bridgehead atoms. The Balaban J connectivity index is 1.92. The van der Waals surface area contributed by atoms with Crippen molar-refractivity contribution in [1.29, 1.82) is 0 Å². The molecule has 86 valence electrons. The van der Waals surface area contributed by atoms with Crippen LogP contribution in [0.3, 0.4) is 0 Å². The summed E-state index contributed by atoms with van der Waals surface area (Å²) in [6.45, 7) is 4.33. The van der Waals surface area contributed by atoms with Crippen molar-refractivity contribution in [2.75, 3.05) is 0 Å². The first-order valence-corrected chi connectivity index (χ1v) is 6.08. The summed E-state index contributed by atoms with van der Waals surface area (Å²) in [6.07, 6.45) is 5.37. The number of carbonyl (C=O) groups is 1. The molecule has 3 N–H and O–H groups in total. The van der Waals surface area contributed by atoms with E-state index < -0.39 is 0 Å². The van der Waals surface area contributed by atoms with Gasteiger partial charge in [-0.3, -0.25) is 4.79 Å². The van der Waals surface area contributed by atoms with Crippen LogP contribution in [-0.2, 0) is 4.79 Å². The fourth-order valence-electron chi connectivity index (χ4n) is 2.41. The van der Waals surface area contributed by atoms with Crippen molar-refractivity contribution in [2.45, 2.75) is 57.5 Å². The predicted molar refractivity (Wildman–Crippen MR) is 60.3 cm³/mol. The van der Waals surface area contributed by atoms with Crippen molar-refractivity contribution in [1.82, 2.24) is 5.32 Å². The van der Waals surface area contributed by atoms with Gasteiger partial charge in [-0.2, -0.15) is 0 Å². The number of carbonyl (C=O) groups excluding carboxylic acids is 1. The zero-order valence-electron chi connectivity index (χ0n) is 9.75. The fourth-order valence-corrected chi connectivity index (χ4v) is 2.41. The molecule has 2 rings (SSSR count). The lowest BCUT2D eigenvalue weighted by atomic mass is 9.78. The Morgan fingerprint density at radius 3 is 2.67 bits per heavy atom. The van der Waals surface area contributed by atoms with E-state index in [9.17, 15) is 4.79 Å². The highest BCUT2D eigenvalue weighted by Crippen LogP contribution is 2.36. The molecule has 0 aromatic rings. The Hall–Kier alpha value is -0.570. The van der Waals surface area contributed by atoms with E-state index in [1.807, 2.05) is 0 Å². The zero-order chi connectivity index (χ0) is 11.1. The molecule has 15 heavy (non-hydrogen) atoms. The van der Waals surface area contributed by atoms with E-state index >= 15 is 0 Å². The summed E-state index contributed by atoms with van der Waals surface area (Å²) in [7, 11) is 0. The van der Waals surface area contributed by atoms with Gasteiger partial charge >= 0.3 is 0 Å². The van der Waals surface area contributed by atoms with Crippen molar-refractivity contribution < 1.29 is 4.79 Å². The van der Waals surface area contributed by atoms with Crippen LogP contribution in [0.5, 0.6) is 0 Å². The Morgan fingerprint density at radius 1 is 1.40 bits per heavy atom. The van der Waals surface area contributed by atoms with Gasteiger partial charge in [0.15, 0.2) is 0 Å². The van der Waals surface area contributed by atoms with Crippen LogP contribution in [0.25, 0.3) is 0 Å². The molecule has 0 heterocycles. The average molecular weight is 210 g/mol. The molecule has 0 saturated heterocycles. The minimum absolute atomic E-state index is 0.0474. The normalized spacial score (nSPS) is 38.5. The first kappa shape index (κ1) is 10.9. The second-order valence-electron chi connectivity index (χ2n) is 5.74. The number of amides is 1. The van der Waals surface area contributed by atoms with Gasteiger partial charge in [-0.15, -0.1) is 0 Å². The molecule has 0 aromatic heterocycles. The maximum absolute atomic E-state index is 12.0. The summed E-state index contributed by atoms with van der Waals surface area (Å²) in [5, 5.41) is 3.13. The van der Waals surface area contributed by atoms with Crippen molar-refractivity contribution in [3.05, 3.63) is 0 Å². The third-order valence-electron chi connectivity index (χ3n) is 3.93. The molecule has 3 unspecified atom stereocenters. The molecule has 0 radical (unpaired) electrons. The molecule has 2 saturated carbocycles. The van der Waals surface area contributed by atoms with Gasteiger partial charge in [0.05, 0.1) is 5.92 Å². The van der Waals surface area contributed by atoms with E-state index in [1.54, 1.807) is 0 Å². The topological polar surface area (TPSA) is 55.1 Å². The fraction of sp³-hybridized carbons (Fsp3) is 0.917. The van der Waals surface area contributed by atoms with Gasteiger partial charge in [-0.05, 0) is 44.9 Å². The minimum atomic E-state index is 0.0474. The molecule has 2 fully saturated rings. The van der Waals surface area contributed by atoms with Gasteiger partial charge in [0.25, 0.3) is 0 Å². The lowest BCUT2D eigenvalue weighted by Crippen LogP contribution is -2.48. The highest BCUT2D eigenvalue weighted by molar-refractivity contribution is 5.80. The quantitative estimate of drug-likeness (QED) is 0.724. The average Bonchev–Trinajstić information content (AvgIpc) is 2.87. The van der Waals surface area contributed by atoms with Gasteiger partial charge in [0.1, 0.15) is 0 Å². The Morgan fingerprint density at radius 2 is 2.07 bits per heavy atom. The zero-order valence-corrected chi connectivity index (χ0v) is 9.75. The predicted octanol–water partition coefficient (Wildman–Crippen LogP) is 1.42. The van der Waals surface area contributed by atoms with Crippen molar-refractivity contribution in [3.8, 4) is 0 Å². The first-order valence-electron chi connectivity index (χ1n) is 6.08. The molecular formula is C12H22N2O. The lowest BCUT2D eigenvalue weighted by Gasteiger charge is -2.32. The Bertz CT molecular complexity index is 260. The number of nitrogens with one attached hydrogen (secondary N) is 1. The van der Waals surface area contributed by atoms with E-state index in [4.69, 9.17) is 5.73 Å². The summed E-state index contributed by atoms with van der Waals surface area (Å²) >= 11 is 0. The second kappa shape index (κ2) is 3.78. The number of nitrogens with two attached hydrogens (primary N) is 1. The van der Waals surface area contributed by atoms with Crippen molar-refractivity contribution in [3.63, 3.8) is 0 Å². The van der Waals surface area contributed by atoms with Crippen LogP contribution in [0.15, 0.2) is 0 Å². The van der Waals surface area contributed by atoms with E-state index in [0.29, 0.717) is 5.92 Å². The molecule has 1 amide bonds. The lowest BCUT2D eigenvalue weighted by molar-refractivity contribution is -0.127. The highest BCUT2D eigenvalue weighted by atomic mass is 16.2. The SMILES string of the molecule is CC1CCC(N)C(C(=O)NC2(C)CC2)C1. The van der Waals surface area contributed by atoms with Crippen LogP contribution in [0.4, 0.5) is 0 Å². The molecule has 0 spiro atoms. The van der Waals surface area contributed by atoms with E-state index in [2.05, 4.69) is 19.2 Å². The Kier molecular flexibility index (Phi) is 2.75. The smallest absolute Gasteiger partial charge is 0.225 e. The maximum Gasteiger partial charge on any atom is 0.225 e. The van der Waals surface area contributed by atoms with Gasteiger partial charge in [-0.1, -0.05) is 6.92 Å². The maximum atomic E-state index is 12.0. The molecule has 2 aliphatic carbocycles. The third kappa shape index (κ3) is 2.51. The molecule has 2 aliphatic rings. The second-order valence-corrected chi connectivity index (χ2v) is 5.74. The highest BCUT2D eigenvalue weighted by Gasteiger charge is 2.41. The van der Waals surface area contributed by atoms with Crippen molar-refractivity contribution in [2.24, 2.45) is 17.6 Å². The van der Waals surface area contributed by atoms with E-state index in [-0.39, 0.29) is 23.4 Å². The number of rotatable bonds is 2. The summed E-state index contributed by atoms with van der Waals surface area (Å²) in [4.78, 5) is 12.0. The number of hydrogen-bond acceptors (Lipinski definition) is 2. The molecule has 3 atom stereocenters. The molecule has 0 aliphatic heterocycles. The first-order chi connectivity index (χ1) is 7.00. The standard InChI is InChI=1S/C12H22N2O/c1-8-3-4-10(13)9(7-8)11(15)14-12(2)5-6-12/h8-10H,3-7,13H2,1-2H3,(H,14,15). The monoisotopic (exact) mass is 210 g/mol. The summed E-state index contributed by atoms with van der Waals surface area (Å²) in [6, 6.07) is 0.0727. The van der Waals surface area contributed by atoms with Crippen LogP contribution < -0.4 is 11.1 Å². The molecular weight excluding hydrogens is 188 g/mol. The van der Waals surface area contributed by atoms with Crippen LogP contribution in [0, 0.1) is 11.8 Å². The summed E-state index contributed by atoms with van der Waals surface area (Å²) in [5.74, 6) is 0.882. The van der Waals surface area contributed by atoms with E-state index in [0.717, 1.165) is 25.7 Å². The van der Waals surface area contributed by atoms with Gasteiger partial charge in [0, 0.05) is 11.6 Å². The van der Waals surface area contributed by atoms with Crippen molar-refractivity contribution >= 4 is 5.91 Å². The molecule has 3 nitrogen and oxygen atoms in total. The van der Waals surface area contributed by atoms with Crippen LogP contribution in [-0.4, -0.2) is 17.5 Å². The Labute approximate surface area is 91.8 Å². The summed E-state index contributed by atoms with van der Waals surface area (Å²) < 4.78 is 0.